The maximum atomic E-state index is 12.9. The molecule has 1 unspecified atom stereocenters. The van der Waals surface area contributed by atoms with E-state index in [-0.39, 0.29) is 27.4 Å². The lowest BCUT2D eigenvalue weighted by Gasteiger charge is -2.17. The molecule has 0 aliphatic carbocycles. The Kier molecular flexibility index (Phi) is 7.34. The van der Waals surface area contributed by atoms with Gasteiger partial charge in [0, 0.05) is 36.0 Å². The molecule has 0 aliphatic rings. The van der Waals surface area contributed by atoms with Gasteiger partial charge in [0.05, 0.1) is 14.2 Å². The first kappa shape index (κ1) is 23.8. The molecule has 0 fully saturated rings. The van der Waals surface area contributed by atoms with Gasteiger partial charge in [-0.15, -0.1) is 11.3 Å². The molecule has 0 saturated heterocycles. The summed E-state index contributed by atoms with van der Waals surface area (Å²) < 4.78 is 14.9. The van der Waals surface area contributed by atoms with Crippen LogP contribution in [0.15, 0.2) is 30.5 Å². The normalized spacial score (nSPS) is 11.6. The molecule has 33 heavy (non-hydrogen) atoms. The third-order valence-electron chi connectivity index (χ3n) is 4.91. The van der Waals surface area contributed by atoms with Crippen molar-refractivity contribution in [3.05, 3.63) is 52.0 Å². The average Bonchev–Trinajstić information content (AvgIpc) is 3.36. The summed E-state index contributed by atoms with van der Waals surface area (Å²) in [6.07, 6.45) is 1.93. The number of anilines is 1. The number of carbonyl (C=O) groups is 4. The van der Waals surface area contributed by atoms with Crippen LogP contribution in [-0.4, -0.2) is 49.1 Å². The number of methoxy groups -OCH3 is 2. The Morgan fingerprint density at radius 3 is 2.48 bits per heavy atom. The summed E-state index contributed by atoms with van der Waals surface area (Å²) >= 11 is 0.831. The van der Waals surface area contributed by atoms with Crippen molar-refractivity contribution in [1.29, 1.82) is 0 Å². The summed E-state index contributed by atoms with van der Waals surface area (Å²) in [4.78, 5) is 52.1. The van der Waals surface area contributed by atoms with Gasteiger partial charge in [0.25, 0.3) is 0 Å². The molecule has 10 nitrogen and oxygen atoms in total. The van der Waals surface area contributed by atoms with Gasteiger partial charge >= 0.3 is 17.9 Å². The van der Waals surface area contributed by atoms with Crippen LogP contribution >= 0.6 is 11.3 Å². The van der Waals surface area contributed by atoms with Gasteiger partial charge in [-0.2, -0.15) is 0 Å². The second-order valence-corrected chi connectivity index (χ2v) is 8.11. The molecular weight excluding hydrogens is 450 g/mol. The molecule has 4 N–H and O–H groups in total. The number of aromatic nitrogens is 1. The van der Waals surface area contributed by atoms with Gasteiger partial charge in [0.1, 0.15) is 28.1 Å². The molecule has 0 spiro atoms. The van der Waals surface area contributed by atoms with E-state index in [1.54, 1.807) is 6.20 Å². The Labute approximate surface area is 193 Å². The Bertz CT molecular complexity index is 1210. The van der Waals surface area contributed by atoms with Crippen LogP contribution in [-0.2, 0) is 36.8 Å². The van der Waals surface area contributed by atoms with Crippen LogP contribution < -0.4 is 11.1 Å². The van der Waals surface area contributed by atoms with Crippen LogP contribution in [0, 0.1) is 0 Å². The lowest BCUT2D eigenvalue weighted by Crippen LogP contribution is -2.42. The molecule has 0 radical (unpaired) electrons. The molecule has 0 saturated carbocycles. The van der Waals surface area contributed by atoms with E-state index < -0.39 is 36.5 Å². The zero-order valence-corrected chi connectivity index (χ0v) is 19.0. The summed E-state index contributed by atoms with van der Waals surface area (Å²) in [6, 6.07) is 6.55. The number of hydrogen-bond acceptors (Lipinski definition) is 9. The third-order valence-corrected chi connectivity index (χ3v) is 5.96. The Balaban J connectivity index is 1.85. The first-order valence-electron chi connectivity index (χ1n) is 9.83. The number of esters is 3. The van der Waals surface area contributed by atoms with E-state index in [1.807, 2.05) is 24.3 Å². The van der Waals surface area contributed by atoms with Crippen LogP contribution in [0.2, 0.25) is 0 Å². The largest absolute Gasteiger partial charge is 0.465 e. The van der Waals surface area contributed by atoms with E-state index in [1.165, 1.54) is 21.1 Å². The molecule has 2 aromatic heterocycles. The fraction of sp³-hybridized carbons (Fsp3) is 0.273. The molecule has 3 aromatic rings. The van der Waals surface area contributed by atoms with Crippen LogP contribution in [0.5, 0.6) is 0 Å². The lowest BCUT2D eigenvalue weighted by molar-refractivity contribution is -0.149. The van der Waals surface area contributed by atoms with Gasteiger partial charge in [-0.25, -0.2) is 14.4 Å². The molecule has 0 aliphatic heterocycles. The maximum Gasteiger partial charge on any atom is 0.348 e. The number of H-pyrrole nitrogens is 1. The SMILES string of the molecule is COC(=O)c1sc(N)c(C(=O)OC)c1COC(=O)C(Cc1c[nH]c2ccccc12)NC(C)=O. The summed E-state index contributed by atoms with van der Waals surface area (Å²) in [5, 5.41) is 3.53. The molecule has 3 rings (SSSR count). The van der Waals surface area contributed by atoms with Crippen molar-refractivity contribution < 1.29 is 33.4 Å². The minimum absolute atomic E-state index is 0.0240. The van der Waals surface area contributed by atoms with Crippen LogP contribution in [0.25, 0.3) is 10.9 Å². The highest BCUT2D eigenvalue weighted by molar-refractivity contribution is 7.18. The van der Waals surface area contributed by atoms with Crippen molar-refractivity contribution in [1.82, 2.24) is 10.3 Å². The standard InChI is InChI=1S/C22H23N3O7S/c1-11(26)25-16(8-12-9-24-15-7-5-4-6-13(12)15)20(27)32-10-14-17(21(28)30-2)19(23)33-18(14)22(29)31-3/h4-7,9,16,24H,8,10,23H2,1-3H3,(H,25,26). The molecule has 1 atom stereocenters. The first-order valence-corrected chi connectivity index (χ1v) is 10.6. The maximum absolute atomic E-state index is 12.9. The predicted molar refractivity (Wildman–Crippen MR) is 121 cm³/mol. The van der Waals surface area contributed by atoms with E-state index in [0.717, 1.165) is 27.8 Å². The van der Waals surface area contributed by atoms with Crippen LogP contribution in [0.1, 0.15) is 38.1 Å². The zero-order valence-electron chi connectivity index (χ0n) is 18.2. The first-order chi connectivity index (χ1) is 15.8. The number of nitrogens with two attached hydrogens (primary N) is 1. The number of nitrogens with one attached hydrogen (secondary N) is 2. The highest BCUT2D eigenvalue weighted by Crippen LogP contribution is 2.33. The highest BCUT2D eigenvalue weighted by Gasteiger charge is 2.29. The summed E-state index contributed by atoms with van der Waals surface area (Å²) in [6.45, 7) is 0.852. The van der Waals surface area contributed by atoms with Gasteiger partial charge in [-0.05, 0) is 11.6 Å². The van der Waals surface area contributed by atoms with Crippen molar-refractivity contribution in [2.45, 2.75) is 26.0 Å². The van der Waals surface area contributed by atoms with Crippen LogP contribution in [0.3, 0.4) is 0 Å². The number of rotatable bonds is 8. The smallest absolute Gasteiger partial charge is 0.348 e. The summed E-state index contributed by atoms with van der Waals surface area (Å²) in [5.74, 6) is -2.67. The fourth-order valence-corrected chi connectivity index (χ4v) is 4.39. The number of thiophene rings is 1. The fourth-order valence-electron chi connectivity index (χ4n) is 3.41. The van der Waals surface area contributed by atoms with E-state index in [4.69, 9.17) is 19.9 Å². The molecule has 2 heterocycles. The molecule has 0 bridgehead atoms. The average molecular weight is 474 g/mol. The predicted octanol–water partition coefficient (Wildman–Crippen LogP) is 2.18. The molecule has 11 heteroatoms. The van der Waals surface area contributed by atoms with Crippen LogP contribution in [0.4, 0.5) is 5.00 Å². The number of carbonyl (C=O) groups excluding carboxylic acids is 4. The highest BCUT2D eigenvalue weighted by atomic mass is 32.1. The number of amides is 1. The Morgan fingerprint density at radius 1 is 1.12 bits per heavy atom. The van der Waals surface area contributed by atoms with E-state index in [2.05, 4.69) is 10.3 Å². The van der Waals surface area contributed by atoms with E-state index >= 15 is 0 Å². The number of fused-ring (bicyclic) bond motifs is 1. The number of nitrogen functional groups attached to an aromatic ring is 1. The van der Waals surface area contributed by atoms with Gasteiger partial charge in [-0.1, -0.05) is 18.2 Å². The molecule has 1 amide bonds. The lowest BCUT2D eigenvalue weighted by atomic mass is 10.0. The molecule has 174 valence electrons. The Morgan fingerprint density at radius 2 is 1.82 bits per heavy atom. The summed E-state index contributed by atoms with van der Waals surface area (Å²) in [5.41, 5.74) is 7.61. The number of benzene rings is 1. The topological polar surface area (TPSA) is 150 Å². The van der Waals surface area contributed by atoms with Gasteiger partial charge < -0.3 is 30.2 Å². The van der Waals surface area contributed by atoms with Gasteiger partial charge in [0.2, 0.25) is 5.91 Å². The summed E-state index contributed by atoms with van der Waals surface area (Å²) in [7, 11) is 2.35. The van der Waals surface area contributed by atoms with Crippen molar-refractivity contribution >= 4 is 51.1 Å². The zero-order chi connectivity index (χ0) is 24.1. The monoisotopic (exact) mass is 473 g/mol. The minimum atomic E-state index is -0.999. The minimum Gasteiger partial charge on any atom is -0.465 e. The number of ether oxygens (including phenoxy) is 3. The van der Waals surface area contributed by atoms with Crippen molar-refractivity contribution in [2.24, 2.45) is 0 Å². The van der Waals surface area contributed by atoms with Gasteiger partial charge in [0.15, 0.2) is 0 Å². The Hall–Kier alpha value is -3.86. The molecular formula is C22H23N3O7S. The molecule has 1 aromatic carbocycles. The van der Waals surface area contributed by atoms with Gasteiger partial charge in [-0.3, -0.25) is 4.79 Å². The second kappa shape index (κ2) is 10.2. The number of hydrogen-bond donors (Lipinski definition) is 3. The van der Waals surface area contributed by atoms with Crippen molar-refractivity contribution in [2.75, 3.05) is 20.0 Å². The van der Waals surface area contributed by atoms with Crippen molar-refractivity contribution in [3.63, 3.8) is 0 Å². The van der Waals surface area contributed by atoms with E-state index in [9.17, 15) is 19.2 Å². The number of para-hydroxylation sites is 1. The third kappa shape index (κ3) is 5.14. The van der Waals surface area contributed by atoms with E-state index in [0.29, 0.717) is 0 Å². The second-order valence-electron chi connectivity index (χ2n) is 7.06. The van der Waals surface area contributed by atoms with Crippen molar-refractivity contribution in [3.8, 4) is 0 Å². The number of aromatic amines is 1. The quantitative estimate of drug-likeness (QED) is 0.333.